The molecule has 0 aromatic heterocycles. The Morgan fingerprint density at radius 3 is 1.81 bits per heavy atom. The normalized spacial score (nSPS) is 11.0. The smallest absolute Gasteiger partial charge is 0.273 e. The Morgan fingerprint density at radius 2 is 1.30 bits per heavy atom. The lowest BCUT2D eigenvalue weighted by molar-refractivity contribution is -0.388. The molecule has 2 aromatic carbocycles. The first kappa shape index (κ1) is 19.7. The third-order valence-corrected chi connectivity index (χ3v) is 5.00. The molecule has 0 aliphatic heterocycles. The average Bonchev–Trinajstić information content (AvgIpc) is 2.55. The maximum absolute atomic E-state index is 12.5. The lowest BCUT2D eigenvalue weighted by atomic mass is 10.1. The summed E-state index contributed by atoms with van der Waals surface area (Å²) in [6, 6.07) is 4.69. The van der Waals surface area contributed by atoms with Gasteiger partial charge in [0.05, 0.1) is 19.7 Å². The number of anilines is 1. The van der Waals surface area contributed by atoms with Crippen molar-refractivity contribution in [2.45, 2.75) is 18.7 Å². The molecule has 0 unspecified atom stereocenters. The van der Waals surface area contributed by atoms with E-state index in [-0.39, 0.29) is 11.1 Å². The molecule has 0 atom stereocenters. The Morgan fingerprint density at radius 1 is 0.778 bits per heavy atom. The fraction of sp³-hybridized carbons (Fsp3) is 0.143. The van der Waals surface area contributed by atoms with E-state index in [1.807, 2.05) is 4.72 Å². The first-order chi connectivity index (χ1) is 12.4. The zero-order valence-corrected chi connectivity index (χ0v) is 14.7. The number of nitro groups is 3. The van der Waals surface area contributed by atoms with Crippen molar-refractivity contribution < 1.29 is 23.2 Å². The molecule has 0 radical (unpaired) electrons. The highest BCUT2D eigenvalue weighted by molar-refractivity contribution is 7.92. The van der Waals surface area contributed by atoms with Crippen LogP contribution in [0.15, 0.2) is 35.2 Å². The van der Waals surface area contributed by atoms with Gasteiger partial charge in [-0.25, -0.2) is 8.42 Å². The van der Waals surface area contributed by atoms with Gasteiger partial charge in [0, 0.05) is 29.3 Å². The Kier molecular flexibility index (Phi) is 5.07. The Hall–Kier alpha value is -3.61. The number of benzene rings is 2. The Labute approximate surface area is 151 Å². The monoisotopic (exact) mass is 396 g/mol. The largest absolute Gasteiger partial charge is 0.294 e. The number of nitrogens with one attached hydrogen (secondary N) is 1. The van der Waals surface area contributed by atoms with E-state index in [0.717, 1.165) is 24.3 Å². The highest BCUT2D eigenvalue weighted by atomic mass is 32.2. The van der Waals surface area contributed by atoms with Gasteiger partial charge in [0.25, 0.3) is 27.1 Å². The van der Waals surface area contributed by atoms with Crippen molar-refractivity contribution in [1.82, 2.24) is 0 Å². The minimum Gasteiger partial charge on any atom is -0.273 e. The quantitative estimate of drug-likeness (QED) is 0.572. The van der Waals surface area contributed by atoms with Crippen LogP contribution in [0.4, 0.5) is 22.7 Å². The van der Waals surface area contributed by atoms with Gasteiger partial charge in [-0.15, -0.1) is 0 Å². The van der Waals surface area contributed by atoms with E-state index in [2.05, 4.69) is 0 Å². The molecule has 13 heteroatoms. The molecule has 1 N–H and O–H groups in total. The number of rotatable bonds is 6. The molecular formula is C14H12N4O8S. The molecule has 0 saturated heterocycles. The number of hydrogen-bond acceptors (Lipinski definition) is 8. The average molecular weight is 396 g/mol. The van der Waals surface area contributed by atoms with Gasteiger partial charge in [-0.1, -0.05) is 6.07 Å². The van der Waals surface area contributed by atoms with Crippen LogP contribution < -0.4 is 4.72 Å². The summed E-state index contributed by atoms with van der Waals surface area (Å²) in [7, 11) is -4.48. The fourth-order valence-electron chi connectivity index (χ4n) is 2.27. The molecule has 0 saturated carbocycles. The summed E-state index contributed by atoms with van der Waals surface area (Å²) in [6.45, 7) is 2.68. The summed E-state index contributed by atoms with van der Waals surface area (Å²) in [6.07, 6.45) is 0. The molecule has 0 fully saturated rings. The molecule has 27 heavy (non-hydrogen) atoms. The second kappa shape index (κ2) is 6.95. The van der Waals surface area contributed by atoms with E-state index in [1.54, 1.807) is 0 Å². The molecule has 0 aliphatic carbocycles. The van der Waals surface area contributed by atoms with Crippen molar-refractivity contribution >= 4 is 32.8 Å². The first-order valence-electron chi connectivity index (χ1n) is 7.15. The predicted octanol–water partition coefficient (Wildman–Crippen LogP) is 2.83. The molecule has 12 nitrogen and oxygen atoms in total. The number of aryl methyl sites for hydroxylation is 2. The van der Waals surface area contributed by atoms with Crippen LogP contribution in [-0.2, 0) is 10.0 Å². The van der Waals surface area contributed by atoms with E-state index in [9.17, 15) is 38.8 Å². The summed E-state index contributed by atoms with van der Waals surface area (Å²) in [5.41, 5.74) is -2.10. The van der Waals surface area contributed by atoms with Gasteiger partial charge < -0.3 is 0 Å². The van der Waals surface area contributed by atoms with Crippen LogP contribution in [0, 0.1) is 44.2 Å². The van der Waals surface area contributed by atoms with Crippen molar-refractivity contribution in [2.75, 3.05) is 4.72 Å². The standard InChI is InChI=1S/C14H12N4O8S/c1-8-3-4-10(6-12(8)16(19)20)27(25,26)15-11-7-13(17(21)22)9(2)5-14(11)18(23)24/h3-7,15H,1-2H3. The predicted molar refractivity (Wildman–Crippen MR) is 93.1 cm³/mol. The van der Waals surface area contributed by atoms with Crippen LogP contribution in [-0.4, -0.2) is 23.2 Å². The zero-order chi connectivity index (χ0) is 20.5. The SMILES string of the molecule is Cc1ccc(S(=O)(=O)Nc2cc([N+](=O)[O-])c(C)cc2[N+](=O)[O-])cc1[N+](=O)[O-]. The highest BCUT2D eigenvalue weighted by Crippen LogP contribution is 2.34. The Balaban J connectivity index is 2.59. The summed E-state index contributed by atoms with van der Waals surface area (Å²) < 4.78 is 26.9. The maximum atomic E-state index is 12.5. The molecule has 2 aromatic rings. The van der Waals surface area contributed by atoms with Crippen LogP contribution in [0.1, 0.15) is 11.1 Å². The number of nitro benzene ring substituents is 3. The van der Waals surface area contributed by atoms with Crippen molar-refractivity contribution in [1.29, 1.82) is 0 Å². The highest BCUT2D eigenvalue weighted by Gasteiger charge is 2.27. The van der Waals surface area contributed by atoms with Crippen LogP contribution >= 0.6 is 0 Å². The van der Waals surface area contributed by atoms with E-state index in [0.29, 0.717) is 0 Å². The van der Waals surface area contributed by atoms with Crippen LogP contribution in [0.25, 0.3) is 0 Å². The van der Waals surface area contributed by atoms with Gasteiger partial charge >= 0.3 is 0 Å². The molecule has 142 valence electrons. The van der Waals surface area contributed by atoms with Gasteiger partial charge in [0.1, 0.15) is 5.69 Å². The molecule has 0 amide bonds. The number of sulfonamides is 1. The van der Waals surface area contributed by atoms with Crippen LogP contribution in [0.5, 0.6) is 0 Å². The summed E-state index contributed by atoms with van der Waals surface area (Å²) in [5.74, 6) is 0. The third kappa shape index (κ3) is 3.98. The number of hydrogen-bond donors (Lipinski definition) is 1. The van der Waals surface area contributed by atoms with Crippen LogP contribution in [0.3, 0.4) is 0 Å². The molecular weight excluding hydrogens is 384 g/mol. The van der Waals surface area contributed by atoms with Gasteiger partial charge in [-0.3, -0.25) is 35.1 Å². The molecule has 0 bridgehead atoms. The maximum Gasteiger partial charge on any atom is 0.294 e. The summed E-state index contributed by atoms with van der Waals surface area (Å²) in [5, 5.41) is 33.2. The first-order valence-corrected chi connectivity index (χ1v) is 8.63. The van der Waals surface area contributed by atoms with E-state index >= 15 is 0 Å². The summed E-state index contributed by atoms with van der Waals surface area (Å²) >= 11 is 0. The van der Waals surface area contributed by atoms with E-state index in [1.165, 1.54) is 19.9 Å². The third-order valence-electron chi connectivity index (χ3n) is 3.64. The lowest BCUT2D eigenvalue weighted by Crippen LogP contribution is -2.15. The van der Waals surface area contributed by atoms with Gasteiger partial charge in [-0.05, 0) is 19.9 Å². The van der Waals surface area contributed by atoms with Crippen molar-refractivity contribution in [2.24, 2.45) is 0 Å². The second-order valence-corrected chi connectivity index (χ2v) is 7.16. The molecule has 0 spiro atoms. The van der Waals surface area contributed by atoms with Crippen molar-refractivity contribution in [3.63, 3.8) is 0 Å². The van der Waals surface area contributed by atoms with E-state index in [4.69, 9.17) is 0 Å². The van der Waals surface area contributed by atoms with E-state index < -0.39 is 52.4 Å². The Bertz CT molecular complexity index is 1080. The summed E-state index contributed by atoms with van der Waals surface area (Å²) in [4.78, 5) is 30.2. The lowest BCUT2D eigenvalue weighted by Gasteiger charge is -2.10. The van der Waals surface area contributed by atoms with Crippen LogP contribution in [0.2, 0.25) is 0 Å². The second-order valence-electron chi connectivity index (χ2n) is 5.48. The number of nitrogens with zero attached hydrogens (tertiary/aromatic N) is 3. The van der Waals surface area contributed by atoms with Crippen molar-refractivity contribution in [3.8, 4) is 0 Å². The van der Waals surface area contributed by atoms with Gasteiger partial charge in [-0.2, -0.15) is 0 Å². The minimum absolute atomic E-state index is 0.0272. The fourth-order valence-corrected chi connectivity index (χ4v) is 3.35. The van der Waals surface area contributed by atoms with Crippen molar-refractivity contribution in [3.05, 3.63) is 71.8 Å². The van der Waals surface area contributed by atoms with Gasteiger partial charge in [0.2, 0.25) is 0 Å². The molecule has 0 aliphatic rings. The molecule has 0 heterocycles. The zero-order valence-electron chi connectivity index (χ0n) is 13.9. The minimum atomic E-state index is -4.48. The topological polar surface area (TPSA) is 176 Å². The van der Waals surface area contributed by atoms with Gasteiger partial charge in [0.15, 0.2) is 0 Å². The molecule has 2 rings (SSSR count).